The third kappa shape index (κ3) is 5.71. The average molecular weight is 419 g/mol. The summed E-state index contributed by atoms with van der Waals surface area (Å²) in [6.45, 7) is 1.69. The van der Waals surface area contributed by atoms with E-state index in [1.54, 1.807) is 0 Å². The molecule has 0 amide bonds. The Labute approximate surface area is 184 Å². The molecule has 3 unspecified atom stereocenters. The molecule has 162 valence electrons. The summed E-state index contributed by atoms with van der Waals surface area (Å²) in [5.74, 6) is 0. The van der Waals surface area contributed by atoms with Gasteiger partial charge in [-0.3, -0.25) is 4.90 Å². The van der Waals surface area contributed by atoms with Gasteiger partial charge in [0.1, 0.15) is 0 Å². The van der Waals surface area contributed by atoms with Crippen LogP contribution in [0.1, 0.15) is 41.1 Å². The maximum Gasteiger partial charge on any atom is 0.185 e. The van der Waals surface area contributed by atoms with Crippen molar-refractivity contribution in [1.82, 2.24) is 4.90 Å². The van der Waals surface area contributed by atoms with E-state index in [0.29, 0.717) is 5.69 Å². The molecule has 1 saturated heterocycles. The monoisotopic (exact) mass is 418 g/mol. The van der Waals surface area contributed by atoms with Gasteiger partial charge < -0.3 is 20.3 Å². The van der Waals surface area contributed by atoms with E-state index in [4.69, 9.17) is 15.2 Å². The van der Waals surface area contributed by atoms with Crippen molar-refractivity contribution in [3.8, 4) is 0 Å². The van der Waals surface area contributed by atoms with Crippen molar-refractivity contribution in [1.29, 1.82) is 0 Å². The summed E-state index contributed by atoms with van der Waals surface area (Å²) in [6, 6.07) is 26.1. The highest BCUT2D eigenvalue weighted by Gasteiger charge is 2.32. The van der Waals surface area contributed by atoms with E-state index in [0.717, 1.165) is 36.2 Å². The number of rotatable bonds is 7. The zero-order chi connectivity index (χ0) is 21.6. The zero-order valence-electron chi connectivity index (χ0n) is 17.9. The van der Waals surface area contributed by atoms with Crippen molar-refractivity contribution in [3.05, 3.63) is 101 Å². The van der Waals surface area contributed by atoms with Crippen LogP contribution in [0.5, 0.6) is 0 Å². The molecule has 0 aromatic heterocycles. The lowest BCUT2D eigenvalue weighted by molar-refractivity contribution is -0.252. The smallest absolute Gasteiger partial charge is 0.185 e. The molecule has 1 fully saturated rings. The first kappa shape index (κ1) is 21.5. The minimum absolute atomic E-state index is 0.0106. The lowest BCUT2D eigenvalue weighted by Crippen LogP contribution is -2.37. The number of aliphatic hydroxyl groups is 1. The van der Waals surface area contributed by atoms with Gasteiger partial charge in [-0.1, -0.05) is 66.7 Å². The fourth-order valence-electron chi connectivity index (χ4n) is 4.05. The van der Waals surface area contributed by atoms with E-state index in [2.05, 4.69) is 36.2 Å². The first-order valence-electron chi connectivity index (χ1n) is 10.7. The molecule has 0 bridgehead atoms. The Bertz CT molecular complexity index is 962. The molecule has 3 atom stereocenters. The predicted molar refractivity (Wildman–Crippen MR) is 122 cm³/mol. The number of likely N-dealkylation sites (N-methyl/N-ethyl adjacent to an activating group) is 1. The molecule has 1 aliphatic heterocycles. The third-order valence-corrected chi connectivity index (χ3v) is 5.61. The number of benzene rings is 3. The summed E-state index contributed by atoms with van der Waals surface area (Å²) >= 11 is 0. The number of nitrogens with two attached hydrogens (primary N) is 1. The van der Waals surface area contributed by atoms with Gasteiger partial charge in [0.05, 0.1) is 18.8 Å². The van der Waals surface area contributed by atoms with Gasteiger partial charge in [-0.25, -0.2) is 0 Å². The first-order chi connectivity index (χ1) is 15.1. The number of aliphatic hydroxyl groups excluding tert-OH is 1. The summed E-state index contributed by atoms with van der Waals surface area (Å²) in [5, 5.41) is 9.35. The van der Waals surface area contributed by atoms with Crippen LogP contribution in [0.3, 0.4) is 0 Å². The topological polar surface area (TPSA) is 68.0 Å². The fourth-order valence-corrected chi connectivity index (χ4v) is 4.05. The Kier molecular flexibility index (Phi) is 6.99. The predicted octanol–water partition coefficient (Wildman–Crippen LogP) is 4.44. The van der Waals surface area contributed by atoms with Gasteiger partial charge in [-0.2, -0.15) is 0 Å². The Balaban J connectivity index is 1.52. The van der Waals surface area contributed by atoms with Crippen molar-refractivity contribution in [3.63, 3.8) is 0 Å². The summed E-state index contributed by atoms with van der Waals surface area (Å²) < 4.78 is 12.7. The Morgan fingerprint density at radius 3 is 2.39 bits per heavy atom. The molecule has 0 saturated carbocycles. The molecule has 5 heteroatoms. The summed E-state index contributed by atoms with van der Waals surface area (Å²) in [4.78, 5) is 2.29. The second-order valence-corrected chi connectivity index (χ2v) is 8.20. The van der Waals surface area contributed by atoms with Gasteiger partial charge in [0.15, 0.2) is 6.29 Å². The number of ether oxygens (including phenoxy) is 2. The van der Waals surface area contributed by atoms with E-state index in [1.165, 1.54) is 5.56 Å². The van der Waals surface area contributed by atoms with Crippen molar-refractivity contribution in [2.45, 2.75) is 38.1 Å². The number of hydrogen-bond donors (Lipinski definition) is 2. The number of nitrogens with zero attached hydrogens (tertiary/aromatic N) is 1. The van der Waals surface area contributed by atoms with Gasteiger partial charge in [0.2, 0.25) is 0 Å². The molecule has 3 N–H and O–H groups in total. The molecule has 0 aliphatic carbocycles. The second-order valence-electron chi connectivity index (χ2n) is 8.20. The molecule has 3 aromatic rings. The molecular formula is C26H30N2O3. The molecule has 1 heterocycles. The molecule has 0 spiro atoms. The van der Waals surface area contributed by atoms with Crippen LogP contribution in [0.15, 0.2) is 78.9 Å². The maximum absolute atomic E-state index is 9.35. The standard InChI is InChI=1S/C26H30N2O3/c1-28(16-19-6-3-2-4-7-19)17-24-15-25(21-12-10-20(18-29)11-13-21)31-26(30-24)22-8-5-9-23(27)14-22/h2-14,24-26,29H,15-18,27H2,1H3. The van der Waals surface area contributed by atoms with Gasteiger partial charge in [0.25, 0.3) is 0 Å². The fraction of sp³-hybridized carbons (Fsp3) is 0.308. The molecule has 1 aliphatic rings. The molecule has 4 rings (SSSR count). The highest BCUT2D eigenvalue weighted by Crippen LogP contribution is 2.38. The minimum atomic E-state index is -0.477. The third-order valence-electron chi connectivity index (χ3n) is 5.61. The second kappa shape index (κ2) is 10.1. The SMILES string of the molecule is CN(Cc1ccccc1)CC1CC(c2ccc(CO)cc2)OC(c2cccc(N)c2)O1. The maximum atomic E-state index is 9.35. The van der Waals surface area contributed by atoms with Gasteiger partial charge in [-0.15, -0.1) is 0 Å². The van der Waals surface area contributed by atoms with Gasteiger partial charge in [-0.05, 0) is 35.9 Å². The Morgan fingerprint density at radius 1 is 0.903 bits per heavy atom. The Morgan fingerprint density at radius 2 is 1.68 bits per heavy atom. The lowest BCUT2D eigenvalue weighted by Gasteiger charge is -2.38. The van der Waals surface area contributed by atoms with E-state index < -0.39 is 6.29 Å². The highest BCUT2D eigenvalue weighted by atomic mass is 16.7. The highest BCUT2D eigenvalue weighted by molar-refractivity contribution is 5.41. The molecule has 0 radical (unpaired) electrons. The lowest BCUT2D eigenvalue weighted by atomic mass is 9.99. The molecule has 5 nitrogen and oxygen atoms in total. The van der Waals surface area contributed by atoms with E-state index in [1.807, 2.05) is 54.6 Å². The number of nitrogen functional groups attached to an aromatic ring is 1. The summed E-state index contributed by atoms with van der Waals surface area (Å²) in [7, 11) is 2.12. The van der Waals surface area contributed by atoms with E-state index in [-0.39, 0.29) is 18.8 Å². The molecular weight excluding hydrogens is 388 g/mol. The summed E-state index contributed by atoms with van der Waals surface area (Å²) in [5.41, 5.74) is 10.9. The zero-order valence-corrected chi connectivity index (χ0v) is 17.9. The summed E-state index contributed by atoms with van der Waals surface area (Å²) in [6.07, 6.45) is 0.200. The first-order valence-corrected chi connectivity index (χ1v) is 10.7. The van der Waals surface area contributed by atoms with Crippen LogP contribution in [0.2, 0.25) is 0 Å². The van der Waals surface area contributed by atoms with Gasteiger partial charge >= 0.3 is 0 Å². The van der Waals surface area contributed by atoms with E-state index >= 15 is 0 Å². The van der Waals surface area contributed by atoms with Crippen LogP contribution in [-0.4, -0.2) is 29.7 Å². The van der Waals surface area contributed by atoms with Crippen LogP contribution in [0, 0.1) is 0 Å². The number of anilines is 1. The van der Waals surface area contributed by atoms with Crippen LogP contribution in [-0.2, 0) is 22.6 Å². The van der Waals surface area contributed by atoms with Crippen LogP contribution < -0.4 is 5.73 Å². The van der Waals surface area contributed by atoms with Crippen LogP contribution >= 0.6 is 0 Å². The van der Waals surface area contributed by atoms with Crippen molar-refractivity contribution < 1.29 is 14.6 Å². The minimum Gasteiger partial charge on any atom is -0.399 e. The van der Waals surface area contributed by atoms with E-state index in [9.17, 15) is 5.11 Å². The van der Waals surface area contributed by atoms with Crippen LogP contribution in [0.4, 0.5) is 5.69 Å². The van der Waals surface area contributed by atoms with Crippen LogP contribution in [0.25, 0.3) is 0 Å². The van der Waals surface area contributed by atoms with Crippen molar-refractivity contribution >= 4 is 5.69 Å². The molecule has 31 heavy (non-hydrogen) atoms. The van der Waals surface area contributed by atoms with Gasteiger partial charge in [0, 0.05) is 30.8 Å². The Hall–Kier alpha value is -2.70. The number of hydrogen-bond acceptors (Lipinski definition) is 5. The molecule has 3 aromatic carbocycles. The normalized spacial score (nSPS) is 21.3. The average Bonchev–Trinajstić information content (AvgIpc) is 2.79. The van der Waals surface area contributed by atoms with Crippen molar-refractivity contribution in [2.75, 3.05) is 19.3 Å². The quantitative estimate of drug-likeness (QED) is 0.555. The largest absolute Gasteiger partial charge is 0.399 e. The van der Waals surface area contributed by atoms with Crippen molar-refractivity contribution in [2.24, 2.45) is 0 Å².